The predicted molar refractivity (Wildman–Crippen MR) is 111 cm³/mol. The minimum Gasteiger partial charge on any atom is -0.379 e. The smallest absolute Gasteiger partial charge is 0.259 e. The van der Waals surface area contributed by atoms with Gasteiger partial charge in [0.15, 0.2) is 5.13 Å². The van der Waals surface area contributed by atoms with Gasteiger partial charge in [0.25, 0.3) is 5.91 Å². The van der Waals surface area contributed by atoms with Crippen molar-refractivity contribution in [3.63, 3.8) is 0 Å². The molecule has 3 aromatic rings. The van der Waals surface area contributed by atoms with Gasteiger partial charge in [-0.3, -0.25) is 20.0 Å². The first-order valence-electron chi connectivity index (χ1n) is 9.28. The van der Waals surface area contributed by atoms with E-state index in [2.05, 4.69) is 20.2 Å². The standard InChI is InChI=1S/C21H22N4O2S/c1-15-18(7-8-19(22-15)16-5-3-2-4-6-16)20(26)24-21-23-17(14-28-21)13-25-9-11-27-12-10-25/h2-8,14H,9-13H2,1H3,(H,23,24,26). The van der Waals surface area contributed by atoms with Crippen LogP contribution in [0.2, 0.25) is 0 Å². The van der Waals surface area contributed by atoms with Crippen molar-refractivity contribution in [3.8, 4) is 11.3 Å². The van der Waals surface area contributed by atoms with Crippen molar-refractivity contribution < 1.29 is 9.53 Å². The maximum atomic E-state index is 12.7. The molecule has 2 aromatic heterocycles. The second-order valence-electron chi connectivity index (χ2n) is 6.68. The molecular weight excluding hydrogens is 372 g/mol. The highest BCUT2D eigenvalue weighted by molar-refractivity contribution is 7.14. The first-order valence-corrected chi connectivity index (χ1v) is 10.2. The Balaban J connectivity index is 1.42. The molecule has 0 spiro atoms. The topological polar surface area (TPSA) is 67.4 Å². The summed E-state index contributed by atoms with van der Waals surface area (Å²) in [5, 5.41) is 5.51. The van der Waals surface area contributed by atoms with Gasteiger partial charge in [-0.15, -0.1) is 11.3 Å². The Morgan fingerprint density at radius 3 is 2.68 bits per heavy atom. The van der Waals surface area contributed by atoms with Crippen LogP contribution in [0.25, 0.3) is 11.3 Å². The third kappa shape index (κ3) is 4.44. The van der Waals surface area contributed by atoms with Gasteiger partial charge in [0, 0.05) is 30.6 Å². The number of morpholine rings is 1. The number of hydrogen-bond donors (Lipinski definition) is 1. The summed E-state index contributed by atoms with van der Waals surface area (Å²) >= 11 is 1.45. The number of nitrogens with one attached hydrogen (secondary N) is 1. The Hall–Kier alpha value is -2.61. The number of aryl methyl sites for hydroxylation is 1. The third-order valence-corrected chi connectivity index (χ3v) is 5.47. The van der Waals surface area contributed by atoms with E-state index in [0.29, 0.717) is 16.4 Å². The first-order chi connectivity index (χ1) is 13.7. The molecule has 1 aliphatic rings. The van der Waals surface area contributed by atoms with Crippen LogP contribution in [0.5, 0.6) is 0 Å². The highest BCUT2D eigenvalue weighted by Gasteiger charge is 2.15. The fraction of sp³-hybridized carbons (Fsp3) is 0.286. The van der Waals surface area contributed by atoms with Gasteiger partial charge in [0.1, 0.15) is 0 Å². The van der Waals surface area contributed by atoms with E-state index in [1.54, 1.807) is 0 Å². The number of pyridine rings is 1. The minimum atomic E-state index is -0.183. The average Bonchev–Trinajstić information content (AvgIpc) is 3.16. The monoisotopic (exact) mass is 394 g/mol. The van der Waals surface area contributed by atoms with Gasteiger partial charge in [-0.25, -0.2) is 4.98 Å². The zero-order chi connectivity index (χ0) is 19.3. The summed E-state index contributed by atoms with van der Waals surface area (Å²) in [4.78, 5) is 24.1. The Labute approximate surface area is 168 Å². The molecule has 1 aromatic carbocycles. The number of carbonyl (C=O) groups is 1. The quantitative estimate of drug-likeness (QED) is 0.716. The molecule has 1 amide bonds. The number of thiazole rings is 1. The molecular formula is C21H22N4O2S. The predicted octanol–water partition coefficient (Wildman–Crippen LogP) is 3.60. The van der Waals surface area contributed by atoms with Crippen LogP contribution in [-0.4, -0.2) is 47.1 Å². The minimum absolute atomic E-state index is 0.183. The normalized spacial score (nSPS) is 14.8. The van der Waals surface area contributed by atoms with Crippen molar-refractivity contribution in [1.29, 1.82) is 0 Å². The molecule has 0 radical (unpaired) electrons. The lowest BCUT2D eigenvalue weighted by atomic mass is 10.1. The summed E-state index contributed by atoms with van der Waals surface area (Å²) in [6, 6.07) is 13.6. The van der Waals surface area contributed by atoms with E-state index >= 15 is 0 Å². The van der Waals surface area contributed by atoms with Gasteiger partial charge in [-0.1, -0.05) is 30.3 Å². The lowest BCUT2D eigenvalue weighted by Gasteiger charge is -2.25. The van der Waals surface area contributed by atoms with E-state index in [9.17, 15) is 4.79 Å². The van der Waals surface area contributed by atoms with Crippen molar-refractivity contribution in [3.05, 3.63) is 64.8 Å². The van der Waals surface area contributed by atoms with Crippen LogP contribution in [0.4, 0.5) is 5.13 Å². The lowest BCUT2D eigenvalue weighted by molar-refractivity contribution is 0.0337. The molecule has 0 aliphatic carbocycles. The number of nitrogens with zero attached hydrogens (tertiary/aromatic N) is 3. The molecule has 0 atom stereocenters. The fourth-order valence-corrected chi connectivity index (χ4v) is 3.86. The number of rotatable bonds is 5. The van der Waals surface area contributed by atoms with Gasteiger partial charge in [0.2, 0.25) is 0 Å². The number of hydrogen-bond acceptors (Lipinski definition) is 6. The van der Waals surface area contributed by atoms with E-state index in [-0.39, 0.29) is 5.91 Å². The van der Waals surface area contributed by atoms with Crippen LogP contribution in [0.15, 0.2) is 47.8 Å². The number of benzene rings is 1. The summed E-state index contributed by atoms with van der Waals surface area (Å²) in [5.41, 5.74) is 4.12. The molecule has 1 aliphatic heterocycles. The van der Waals surface area contributed by atoms with Gasteiger partial charge in [-0.2, -0.15) is 0 Å². The SMILES string of the molecule is Cc1nc(-c2ccccc2)ccc1C(=O)Nc1nc(CN2CCOCC2)cs1. The number of aromatic nitrogens is 2. The highest BCUT2D eigenvalue weighted by Crippen LogP contribution is 2.21. The molecule has 6 nitrogen and oxygen atoms in total. The summed E-state index contributed by atoms with van der Waals surface area (Å²) in [6.45, 7) is 5.99. The van der Waals surface area contributed by atoms with Gasteiger partial charge in [-0.05, 0) is 19.1 Å². The zero-order valence-electron chi connectivity index (χ0n) is 15.7. The van der Waals surface area contributed by atoms with Crippen LogP contribution in [0.3, 0.4) is 0 Å². The van der Waals surface area contributed by atoms with Crippen LogP contribution in [-0.2, 0) is 11.3 Å². The first kappa shape index (κ1) is 18.7. The molecule has 1 N–H and O–H groups in total. The molecule has 0 unspecified atom stereocenters. The molecule has 28 heavy (non-hydrogen) atoms. The number of amides is 1. The molecule has 4 rings (SSSR count). The van der Waals surface area contributed by atoms with Crippen molar-refractivity contribution in [2.24, 2.45) is 0 Å². The van der Waals surface area contributed by atoms with Crippen molar-refractivity contribution in [2.75, 3.05) is 31.6 Å². The summed E-state index contributed by atoms with van der Waals surface area (Å²) in [5.74, 6) is -0.183. The summed E-state index contributed by atoms with van der Waals surface area (Å²) in [6.07, 6.45) is 0. The van der Waals surface area contributed by atoms with Crippen molar-refractivity contribution >= 4 is 22.4 Å². The number of anilines is 1. The van der Waals surface area contributed by atoms with E-state index in [1.165, 1.54) is 11.3 Å². The maximum absolute atomic E-state index is 12.7. The fourth-order valence-electron chi connectivity index (χ4n) is 3.16. The van der Waals surface area contributed by atoms with E-state index in [4.69, 9.17) is 4.74 Å². The molecule has 0 saturated carbocycles. The number of ether oxygens (including phenoxy) is 1. The maximum Gasteiger partial charge on any atom is 0.259 e. The summed E-state index contributed by atoms with van der Waals surface area (Å²) in [7, 11) is 0. The zero-order valence-corrected chi connectivity index (χ0v) is 16.5. The second-order valence-corrected chi connectivity index (χ2v) is 7.54. The Morgan fingerprint density at radius 2 is 1.93 bits per heavy atom. The molecule has 0 bridgehead atoms. The molecule has 3 heterocycles. The second kappa shape index (κ2) is 8.60. The molecule has 1 saturated heterocycles. The highest BCUT2D eigenvalue weighted by atomic mass is 32.1. The van der Waals surface area contributed by atoms with Crippen LogP contribution >= 0.6 is 11.3 Å². The lowest BCUT2D eigenvalue weighted by Crippen LogP contribution is -2.35. The largest absolute Gasteiger partial charge is 0.379 e. The van der Waals surface area contributed by atoms with Gasteiger partial charge >= 0.3 is 0 Å². The Bertz CT molecular complexity index is 952. The third-order valence-electron chi connectivity index (χ3n) is 4.66. The number of carbonyl (C=O) groups excluding carboxylic acids is 1. The van der Waals surface area contributed by atoms with E-state index < -0.39 is 0 Å². The molecule has 1 fully saturated rings. The van der Waals surface area contributed by atoms with Crippen molar-refractivity contribution in [1.82, 2.24) is 14.9 Å². The summed E-state index contributed by atoms with van der Waals surface area (Å²) < 4.78 is 5.37. The van der Waals surface area contributed by atoms with E-state index in [0.717, 1.165) is 49.8 Å². The Morgan fingerprint density at radius 1 is 1.14 bits per heavy atom. The van der Waals surface area contributed by atoms with Crippen LogP contribution in [0.1, 0.15) is 21.7 Å². The van der Waals surface area contributed by atoms with Crippen LogP contribution < -0.4 is 5.32 Å². The molecule has 144 valence electrons. The average molecular weight is 395 g/mol. The van der Waals surface area contributed by atoms with Crippen molar-refractivity contribution in [2.45, 2.75) is 13.5 Å². The Kier molecular flexibility index (Phi) is 5.76. The van der Waals surface area contributed by atoms with Gasteiger partial charge < -0.3 is 4.74 Å². The van der Waals surface area contributed by atoms with Crippen LogP contribution in [0, 0.1) is 6.92 Å². The van der Waals surface area contributed by atoms with E-state index in [1.807, 2.05) is 54.8 Å². The van der Waals surface area contributed by atoms with Gasteiger partial charge in [0.05, 0.1) is 35.9 Å². The molecule has 7 heteroatoms.